The second-order valence-electron chi connectivity index (χ2n) is 4.33. The van der Waals surface area contributed by atoms with E-state index in [1.54, 1.807) is 0 Å². The Hall–Kier alpha value is -1.02. The third-order valence-electron chi connectivity index (χ3n) is 2.54. The van der Waals surface area contributed by atoms with Crippen LogP contribution >= 0.6 is 11.6 Å². The lowest BCUT2D eigenvalue weighted by molar-refractivity contribution is 0.257. The zero-order chi connectivity index (χ0) is 11.5. The highest BCUT2D eigenvalue weighted by Gasteiger charge is 2.22. The summed E-state index contributed by atoms with van der Waals surface area (Å²) in [7, 11) is 0. The Morgan fingerprint density at radius 1 is 1.40 bits per heavy atom. The number of rotatable bonds is 3. The van der Waals surface area contributed by atoms with Crippen LogP contribution in [0.1, 0.15) is 25.0 Å². The van der Waals surface area contributed by atoms with Gasteiger partial charge in [0.05, 0.1) is 0 Å². The fourth-order valence-electron chi connectivity index (χ4n) is 1.72. The number of carbonyl (C=O) groups excluding carboxylic acids is 1. The summed E-state index contributed by atoms with van der Waals surface area (Å²) in [4.78, 5) is 10.7. The normalized spacial score (nSPS) is 11.2. The molecule has 2 nitrogen and oxygen atoms in total. The van der Waals surface area contributed by atoms with Crippen LogP contribution in [-0.2, 0) is 5.41 Å². The quantitative estimate of drug-likeness (QED) is 0.621. The maximum atomic E-state index is 10.7. The van der Waals surface area contributed by atoms with E-state index in [-0.39, 0.29) is 5.41 Å². The Morgan fingerprint density at radius 2 is 2.00 bits per heavy atom. The van der Waals surface area contributed by atoms with Crippen LogP contribution in [0, 0.1) is 6.92 Å². The van der Waals surface area contributed by atoms with Crippen LogP contribution in [0.2, 0.25) is 0 Å². The Kier molecular flexibility index (Phi) is 3.75. The molecular weight excluding hydrogens is 210 g/mol. The molecule has 15 heavy (non-hydrogen) atoms. The van der Waals surface area contributed by atoms with E-state index in [0.29, 0.717) is 6.54 Å². The van der Waals surface area contributed by atoms with Gasteiger partial charge in [0, 0.05) is 12.0 Å². The molecule has 0 bridgehead atoms. The van der Waals surface area contributed by atoms with E-state index in [4.69, 9.17) is 11.6 Å². The fourth-order valence-corrected chi connectivity index (χ4v) is 1.78. The van der Waals surface area contributed by atoms with Crippen molar-refractivity contribution < 1.29 is 4.79 Å². The maximum absolute atomic E-state index is 10.7. The van der Waals surface area contributed by atoms with E-state index in [1.165, 1.54) is 11.1 Å². The summed E-state index contributed by atoms with van der Waals surface area (Å²) in [5.74, 6) is 0. The molecule has 0 radical (unpaired) electrons. The van der Waals surface area contributed by atoms with Gasteiger partial charge in [-0.25, -0.2) is 0 Å². The monoisotopic (exact) mass is 225 g/mol. The molecule has 0 heterocycles. The summed E-state index contributed by atoms with van der Waals surface area (Å²) in [5, 5.41) is 2.13. The topological polar surface area (TPSA) is 29.1 Å². The average Bonchev–Trinajstić information content (AvgIpc) is 2.15. The number of amides is 1. The van der Waals surface area contributed by atoms with E-state index in [1.807, 2.05) is 12.1 Å². The van der Waals surface area contributed by atoms with E-state index >= 15 is 0 Å². The van der Waals surface area contributed by atoms with Crippen LogP contribution in [0.3, 0.4) is 0 Å². The molecule has 0 aliphatic carbocycles. The highest BCUT2D eigenvalue weighted by molar-refractivity contribution is 6.62. The Bertz CT molecular complexity index is 360. The smallest absolute Gasteiger partial charge is 0.313 e. The predicted octanol–water partition coefficient (Wildman–Crippen LogP) is 3.22. The third-order valence-corrected chi connectivity index (χ3v) is 2.68. The number of hydrogen-bond donors (Lipinski definition) is 1. The van der Waals surface area contributed by atoms with E-state index < -0.39 is 5.37 Å². The molecule has 0 aliphatic rings. The predicted molar refractivity (Wildman–Crippen MR) is 63.5 cm³/mol. The molecule has 0 atom stereocenters. The molecule has 1 aromatic rings. The minimum atomic E-state index is -0.503. The lowest BCUT2D eigenvalue weighted by Crippen LogP contribution is -2.34. The summed E-state index contributed by atoms with van der Waals surface area (Å²) in [5.41, 5.74) is 2.36. The van der Waals surface area contributed by atoms with Crippen molar-refractivity contribution >= 4 is 17.0 Å². The van der Waals surface area contributed by atoms with Gasteiger partial charge in [0.2, 0.25) is 0 Å². The summed E-state index contributed by atoms with van der Waals surface area (Å²) >= 11 is 5.26. The van der Waals surface area contributed by atoms with Crippen LogP contribution in [0.4, 0.5) is 4.79 Å². The van der Waals surface area contributed by atoms with E-state index in [2.05, 4.69) is 38.2 Å². The standard InChI is InChI=1S/C12H16ClNO/c1-9-6-4-5-7-10(9)12(2,3)8-14-11(13)15/h4-7H,8H2,1-3H3,(H,14,15). The van der Waals surface area contributed by atoms with E-state index in [0.717, 1.165) is 0 Å². The molecule has 0 saturated carbocycles. The van der Waals surface area contributed by atoms with Gasteiger partial charge < -0.3 is 5.32 Å². The summed E-state index contributed by atoms with van der Waals surface area (Å²) < 4.78 is 0. The first-order valence-corrected chi connectivity index (χ1v) is 5.31. The van der Waals surface area contributed by atoms with Gasteiger partial charge in [-0.05, 0) is 29.7 Å². The largest absolute Gasteiger partial charge is 0.342 e. The molecule has 0 unspecified atom stereocenters. The molecule has 0 spiro atoms. The van der Waals surface area contributed by atoms with Crippen molar-refractivity contribution in [3.8, 4) is 0 Å². The Balaban J connectivity index is 2.85. The van der Waals surface area contributed by atoms with Crippen molar-refractivity contribution in [1.82, 2.24) is 5.32 Å². The van der Waals surface area contributed by atoms with Gasteiger partial charge >= 0.3 is 5.37 Å². The molecule has 1 N–H and O–H groups in total. The van der Waals surface area contributed by atoms with Crippen molar-refractivity contribution in [1.29, 1.82) is 0 Å². The minimum Gasteiger partial charge on any atom is -0.342 e. The van der Waals surface area contributed by atoms with Crippen LogP contribution in [0.15, 0.2) is 24.3 Å². The molecule has 1 rings (SSSR count). The molecular formula is C12H16ClNO. The number of benzene rings is 1. The van der Waals surface area contributed by atoms with Gasteiger partial charge in [-0.15, -0.1) is 0 Å². The van der Waals surface area contributed by atoms with Crippen molar-refractivity contribution in [2.24, 2.45) is 0 Å². The van der Waals surface area contributed by atoms with Crippen molar-refractivity contribution in [3.63, 3.8) is 0 Å². The summed E-state index contributed by atoms with van der Waals surface area (Å²) in [6.45, 7) is 6.78. The van der Waals surface area contributed by atoms with Crippen LogP contribution in [0.5, 0.6) is 0 Å². The Morgan fingerprint density at radius 3 is 2.53 bits per heavy atom. The van der Waals surface area contributed by atoms with Crippen LogP contribution in [0.25, 0.3) is 0 Å². The number of aryl methyl sites for hydroxylation is 1. The molecule has 1 amide bonds. The maximum Gasteiger partial charge on any atom is 0.313 e. The molecule has 1 aromatic carbocycles. The van der Waals surface area contributed by atoms with Gasteiger partial charge in [-0.2, -0.15) is 0 Å². The molecule has 0 fully saturated rings. The summed E-state index contributed by atoms with van der Waals surface area (Å²) in [6.07, 6.45) is 0. The molecule has 3 heteroatoms. The molecule has 0 aromatic heterocycles. The zero-order valence-corrected chi connectivity index (χ0v) is 10.1. The first-order chi connectivity index (χ1) is 6.93. The second kappa shape index (κ2) is 4.67. The molecule has 82 valence electrons. The molecule has 0 aliphatic heterocycles. The number of halogens is 1. The first kappa shape index (κ1) is 12.1. The summed E-state index contributed by atoms with van der Waals surface area (Å²) in [6, 6.07) is 8.16. The third kappa shape index (κ3) is 3.24. The van der Waals surface area contributed by atoms with Crippen molar-refractivity contribution in [3.05, 3.63) is 35.4 Å². The highest BCUT2D eigenvalue weighted by atomic mass is 35.5. The van der Waals surface area contributed by atoms with Gasteiger partial charge in [0.25, 0.3) is 0 Å². The van der Waals surface area contributed by atoms with Gasteiger partial charge in [0.1, 0.15) is 0 Å². The van der Waals surface area contributed by atoms with Crippen LogP contribution in [-0.4, -0.2) is 11.9 Å². The van der Waals surface area contributed by atoms with Crippen LogP contribution < -0.4 is 5.32 Å². The molecule has 0 saturated heterocycles. The van der Waals surface area contributed by atoms with E-state index in [9.17, 15) is 4.79 Å². The Labute approximate surface area is 95.6 Å². The highest BCUT2D eigenvalue weighted by Crippen LogP contribution is 2.25. The number of carbonyl (C=O) groups is 1. The van der Waals surface area contributed by atoms with Crippen molar-refractivity contribution in [2.45, 2.75) is 26.2 Å². The number of hydrogen-bond acceptors (Lipinski definition) is 1. The first-order valence-electron chi connectivity index (χ1n) is 4.93. The minimum absolute atomic E-state index is 0.101. The van der Waals surface area contributed by atoms with Gasteiger partial charge in [-0.3, -0.25) is 4.79 Å². The second-order valence-corrected chi connectivity index (χ2v) is 4.67. The lowest BCUT2D eigenvalue weighted by atomic mass is 9.82. The average molecular weight is 226 g/mol. The lowest BCUT2D eigenvalue weighted by Gasteiger charge is -2.26. The van der Waals surface area contributed by atoms with Gasteiger partial charge in [0.15, 0.2) is 0 Å². The van der Waals surface area contributed by atoms with Crippen molar-refractivity contribution in [2.75, 3.05) is 6.54 Å². The zero-order valence-electron chi connectivity index (χ0n) is 9.30. The van der Waals surface area contributed by atoms with Gasteiger partial charge in [-0.1, -0.05) is 38.1 Å². The number of nitrogens with one attached hydrogen (secondary N) is 1. The SMILES string of the molecule is Cc1ccccc1C(C)(C)CNC(=O)Cl. The fraction of sp³-hybridized carbons (Fsp3) is 0.417.